The number of rotatable bonds is 5. The second-order valence-corrected chi connectivity index (χ2v) is 10.5. The second-order valence-electron chi connectivity index (χ2n) is 9.03. The Labute approximate surface area is 193 Å². The summed E-state index contributed by atoms with van der Waals surface area (Å²) in [4.78, 5) is 13.6. The van der Waals surface area contributed by atoms with Gasteiger partial charge < -0.3 is 15.3 Å². The van der Waals surface area contributed by atoms with Gasteiger partial charge in [-0.15, -0.1) is 4.40 Å². The number of amides is 1. The van der Waals surface area contributed by atoms with E-state index in [1.807, 2.05) is 0 Å². The third kappa shape index (κ3) is 3.94. The lowest BCUT2D eigenvalue weighted by molar-refractivity contribution is -0.213. The molecule has 0 bridgehead atoms. The van der Waals surface area contributed by atoms with Crippen molar-refractivity contribution in [1.82, 2.24) is 14.7 Å². The molecule has 1 atom stereocenters. The fraction of sp³-hybridized carbons (Fsp3) is 0.500. The predicted octanol–water partition coefficient (Wildman–Crippen LogP) is 0.508. The smallest absolute Gasteiger partial charge is 0.345 e. The summed E-state index contributed by atoms with van der Waals surface area (Å²) in [6, 6.07) is 0.654. The van der Waals surface area contributed by atoms with Crippen LogP contribution in [0.15, 0.2) is 22.9 Å². The van der Waals surface area contributed by atoms with Gasteiger partial charge in [0.15, 0.2) is 0 Å². The minimum absolute atomic E-state index is 0.0153. The van der Waals surface area contributed by atoms with Crippen molar-refractivity contribution in [2.24, 2.45) is 11.4 Å². The van der Waals surface area contributed by atoms with Crippen molar-refractivity contribution in [3.05, 3.63) is 40.7 Å². The fourth-order valence-corrected chi connectivity index (χ4v) is 6.52. The van der Waals surface area contributed by atoms with Crippen LogP contribution < -0.4 is 14.7 Å². The van der Waals surface area contributed by atoms with Gasteiger partial charge in [0.05, 0.1) is 30.4 Å². The maximum absolute atomic E-state index is 13.3. The van der Waals surface area contributed by atoms with Crippen LogP contribution in [0.3, 0.4) is 0 Å². The van der Waals surface area contributed by atoms with Crippen LogP contribution in [0.1, 0.15) is 41.5 Å². The van der Waals surface area contributed by atoms with E-state index >= 15 is 0 Å². The molecule has 1 aliphatic heterocycles. The third-order valence-electron chi connectivity index (χ3n) is 6.75. The number of likely N-dealkylation sites (N-methyl/N-ethyl adjacent to an activating group) is 1. The van der Waals surface area contributed by atoms with Crippen LogP contribution in [0, 0.1) is 0 Å². The molecule has 1 N–H and O–H groups in total. The van der Waals surface area contributed by atoms with Gasteiger partial charge in [-0.1, -0.05) is 6.07 Å². The van der Waals surface area contributed by atoms with E-state index in [1.165, 1.54) is 33.1 Å². The quantitative estimate of drug-likeness (QED) is 0.501. The highest BCUT2D eigenvalue weighted by molar-refractivity contribution is 7.91. The molecule has 5 rings (SSSR count). The van der Waals surface area contributed by atoms with Gasteiger partial charge >= 0.3 is 10.2 Å². The number of nitrogens with one attached hydrogen (secondary N) is 1. The lowest BCUT2D eigenvalue weighted by Gasteiger charge is -2.27. The number of amidine groups is 1. The molecular weight excluding hydrogens is 444 g/mol. The van der Waals surface area contributed by atoms with E-state index in [9.17, 15) is 18.3 Å². The van der Waals surface area contributed by atoms with Gasteiger partial charge in [0.2, 0.25) is 5.91 Å². The Bertz CT molecular complexity index is 1220. The molecular formula is C22H27N6O4S-. The van der Waals surface area contributed by atoms with Crippen LogP contribution >= 0.6 is 0 Å². The molecule has 2 aromatic rings. The first-order valence-electron chi connectivity index (χ1n) is 11.2. The van der Waals surface area contributed by atoms with E-state index in [2.05, 4.69) is 20.9 Å². The number of carbonyl (C=O) groups is 1. The standard InChI is InChI=1S/C22H28N6O4S/c1-26-12-16(10-20(26)29)28(17-11-23-27(2)13-17)33(31,32)25-22(30)24-21-18-7-3-5-14(18)9-15-6-4-8-19(15)21/h9,11,13,16H,3-8,10,12H2,1-2H3,(H2,24,25,30)/p-1. The Balaban J connectivity index is 1.49. The van der Waals surface area contributed by atoms with Gasteiger partial charge in [0.25, 0.3) is 0 Å². The molecule has 0 saturated carbocycles. The zero-order chi connectivity index (χ0) is 23.3. The average molecular weight is 472 g/mol. The van der Waals surface area contributed by atoms with Gasteiger partial charge in [0, 0.05) is 32.5 Å². The molecule has 2 aliphatic carbocycles. The molecule has 33 heavy (non-hydrogen) atoms. The zero-order valence-corrected chi connectivity index (χ0v) is 19.6. The maximum atomic E-state index is 13.3. The number of anilines is 2. The summed E-state index contributed by atoms with van der Waals surface area (Å²) < 4.78 is 32.8. The van der Waals surface area contributed by atoms with E-state index in [-0.39, 0.29) is 24.6 Å². The van der Waals surface area contributed by atoms with Gasteiger partial charge in [-0.25, -0.2) is 4.31 Å². The Morgan fingerprint density at radius 1 is 1.18 bits per heavy atom. The minimum Gasteiger partial charge on any atom is -0.845 e. The lowest BCUT2D eigenvalue weighted by Crippen LogP contribution is -2.42. The van der Waals surface area contributed by atoms with E-state index in [0.717, 1.165) is 59.6 Å². The number of benzene rings is 1. The first kappa shape index (κ1) is 21.7. The summed E-state index contributed by atoms with van der Waals surface area (Å²) in [6.45, 7) is 0.212. The molecule has 0 spiro atoms. The van der Waals surface area contributed by atoms with Gasteiger partial charge in [-0.05, 0) is 60.8 Å². The number of hydrogen-bond donors (Lipinski definition) is 1. The van der Waals surface area contributed by atoms with Crippen LogP contribution in [-0.4, -0.2) is 54.7 Å². The van der Waals surface area contributed by atoms with Crippen LogP contribution in [0.25, 0.3) is 0 Å². The van der Waals surface area contributed by atoms with Crippen LogP contribution in [0.2, 0.25) is 0 Å². The van der Waals surface area contributed by atoms with Crippen molar-refractivity contribution in [1.29, 1.82) is 0 Å². The second kappa shape index (κ2) is 8.05. The first-order valence-corrected chi connectivity index (χ1v) is 12.6. The van der Waals surface area contributed by atoms with Crippen molar-refractivity contribution in [3.8, 4) is 0 Å². The molecule has 1 saturated heterocycles. The molecule has 0 radical (unpaired) electrons. The number of carbonyl (C=O) groups excluding carboxylic acids is 1. The van der Waals surface area contributed by atoms with Crippen molar-refractivity contribution in [3.63, 3.8) is 0 Å². The summed E-state index contributed by atoms with van der Waals surface area (Å²) in [7, 11) is -1.14. The largest absolute Gasteiger partial charge is 0.845 e. The van der Waals surface area contributed by atoms with Crippen molar-refractivity contribution in [2.45, 2.75) is 51.0 Å². The topological polar surface area (TPSA) is 123 Å². The van der Waals surface area contributed by atoms with Gasteiger partial charge in [0.1, 0.15) is 0 Å². The Hall–Kier alpha value is -3.08. The normalized spacial score (nSPS) is 20.3. The molecule has 176 valence electrons. The highest BCUT2D eigenvalue weighted by Crippen LogP contribution is 2.38. The summed E-state index contributed by atoms with van der Waals surface area (Å²) >= 11 is 0. The minimum atomic E-state index is -4.43. The number of nitrogens with zero attached hydrogens (tertiary/aromatic N) is 5. The maximum Gasteiger partial charge on any atom is 0.345 e. The highest BCUT2D eigenvalue weighted by atomic mass is 32.2. The van der Waals surface area contributed by atoms with Crippen molar-refractivity contribution < 1.29 is 18.3 Å². The van der Waals surface area contributed by atoms with E-state index in [0.29, 0.717) is 0 Å². The van der Waals surface area contributed by atoms with E-state index in [4.69, 9.17) is 0 Å². The van der Waals surface area contributed by atoms with Crippen molar-refractivity contribution in [2.75, 3.05) is 23.2 Å². The Morgan fingerprint density at radius 2 is 1.85 bits per heavy atom. The number of likely N-dealkylation sites (tertiary alicyclic amines) is 1. The van der Waals surface area contributed by atoms with E-state index < -0.39 is 22.3 Å². The molecule has 1 aromatic carbocycles. The summed E-state index contributed by atoms with van der Waals surface area (Å²) in [6.07, 6.45) is 8.66. The van der Waals surface area contributed by atoms with Crippen molar-refractivity contribution >= 4 is 33.5 Å². The molecule has 1 fully saturated rings. The Kier molecular flexibility index (Phi) is 5.31. The molecule has 3 aliphatic rings. The number of aromatic nitrogens is 2. The van der Waals surface area contributed by atoms with Crippen LogP contribution in [0.4, 0.5) is 11.4 Å². The highest BCUT2D eigenvalue weighted by Gasteiger charge is 2.38. The number of fused-ring (bicyclic) bond motifs is 2. The molecule has 1 unspecified atom stereocenters. The first-order chi connectivity index (χ1) is 15.7. The molecule has 1 amide bonds. The fourth-order valence-electron chi connectivity index (χ4n) is 5.30. The molecule has 10 nitrogen and oxygen atoms in total. The third-order valence-corrected chi connectivity index (χ3v) is 8.15. The number of hydrogen-bond acceptors (Lipinski definition) is 5. The summed E-state index contributed by atoms with van der Waals surface area (Å²) in [5, 5.41) is 19.8. The van der Waals surface area contributed by atoms with E-state index in [1.54, 1.807) is 14.1 Å². The SMILES string of the molecule is CN1CC(N(c2cnn(C)c2)S(=O)(=O)/N=C(\[O-])Nc2c3c(cc4c2CCC4)CCC3)CC1=O. The monoisotopic (exact) mass is 471 g/mol. The lowest BCUT2D eigenvalue weighted by atomic mass is 9.99. The van der Waals surface area contributed by atoms with Crippen LogP contribution in [-0.2, 0) is 47.7 Å². The summed E-state index contributed by atoms with van der Waals surface area (Å²) in [5.41, 5.74) is 5.68. The van der Waals surface area contributed by atoms with Crippen LogP contribution in [0.5, 0.6) is 0 Å². The predicted molar refractivity (Wildman–Crippen MR) is 122 cm³/mol. The molecule has 11 heteroatoms. The molecule has 2 heterocycles. The van der Waals surface area contributed by atoms with Gasteiger partial charge in [-0.2, -0.15) is 13.5 Å². The zero-order valence-electron chi connectivity index (χ0n) is 18.7. The average Bonchev–Trinajstić information content (AvgIpc) is 3.51. The summed E-state index contributed by atoms with van der Waals surface area (Å²) in [5.74, 6) is -0.163. The Morgan fingerprint density at radius 3 is 2.39 bits per heavy atom. The number of aryl methyl sites for hydroxylation is 3. The van der Waals surface area contributed by atoms with Gasteiger partial charge in [-0.3, -0.25) is 9.48 Å². The molecule has 1 aromatic heterocycles.